The SMILES string of the molecule is CC(C)c1cccc(C(C)C)c1N=C(NP(C(C)(C)C)C(C)(C)C)c1cc(F)cc(F)c1. The molecule has 2 rings (SSSR count). The lowest BCUT2D eigenvalue weighted by atomic mass is 9.93. The van der Waals surface area contributed by atoms with Crippen LogP contribution in [0.4, 0.5) is 14.5 Å². The number of hydrogen-bond acceptors (Lipinski definition) is 1. The predicted octanol–water partition coefficient (Wildman–Crippen LogP) is 8.87. The maximum absolute atomic E-state index is 14.2. The van der Waals surface area contributed by atoms with Gasteiger partial charge in [0.05, 0.1) is 5.69 Å². The largest absolute Gasteiger partial charge is 0.348 e. The van der Waals surface area contributed by atoms with E-state index in [1.807, 2.05) is 0 Å². The van der Waals surface area contributed by atoms with Crippen LogP contribution in [0.25, 0.3) is 0 Å². The third kappa shape index (κ3) is 6.61. The van der Waals surface area contributed by atoms with Gasteiger partial charge in [-0.25, -0.2) is 13.8 Å². The second-order valence-electron chi connectivity index (χ2n) is 11.0. The Hall–Kier alpha value is -1.80. The van der Waals surface area contributed by atoms with Crippen molar-refractivity contribution in [3.63, 3.8) is 0 Å². The van der Waals surface area contributed by atoms with Crippen molar-refractivity contribution in [2.45, 2.75) is 91.4 Å². The number of nitrogens with one attached hydrogen (secondary N) is 1. The summed E-state index contributed by atoms with van der Waals surface area (Å²) in [6.45, 7) is 21.8. The first-order valence-corrected chi connectivity index (χ1v) is 12.7. The van der Waals surface area contributed by atoms with Gasteiger partial charge in [-0.3, -0.25) is 0 Å². The number of rotatable bonds is 5. The molecule has 32 heavy (non-hydrogen) atoms. The van der Waals surface area contributed by atoms with E-state index in [4.69, 9.17) is 4.99 Å². The zero-order valence-corrected chi connectivity index (χ0v) is 22.2. The van der Waals surface area contributed by atoms with Gasteiger partial charge >= 0.3 is 0 Å². The molecule has 0 heterocycles. The Balaban J connectivity index is 2.82. The molecule has 2 aromatic carbocycles. The number of amidine groups is 1. The molecule has 0 atom stereocenters. The molecule has 176 valence electrons. The molecular weight excluding hydrogens is 421 g/mol. The molecule has 0 amide bonds. The van der Waals surface area contributed by atoms with E-state index in [1.165, 1.54) is 12.1 Å². The maximum atomic E-state index is 14.2. The number of benzene rings is 2. The molecule has 0 bridgehead atoms. The van der Waals surface area contributed by atoms with Crippen LogP contribution in [-0.2, 0) is 0 Å². The van der Waals surface area contributed by atoms with Crippen molar-refractivity contribution >= 4 is 19.6 Å². The Morgan fingerprint density at radius 3 is 1.62 bits per heavy atom. The first kappa shape index (κ1) is 26.5. The zero-order chi connectivity index (χ0) is 24.4. The van der Waals surface area contributed by atoms with Crippen LogP contribution in [0.1, 0.15) is 97.8 Å². The van der Waals surface area contributed by atoms with Gasteiger partial charge in [-0.05, 0) is 35.1 Å². The Labute approximate surface area is 194 Å². The van der Waals surface area contributed by atoms with E-state index in [9.17, 15) is 8.78 Å². The van der Waals surface area contributed by atoms with Crippen molar-refractivity contribution in [3.05, 3.63) is 64.7 Å². The third-order valence-electron chi connectivity index (χ3n) is 5.26. The van der Waals surface area contributed by atoms with Gasteiger partial charge in [0.2, 0.25) is 0 Å². The number of halogens is 2. The van der Waals surface area contributed by atoms with Gasteiger partial charge in [0.25, 0.3) is 0 Å². The first-order chi connectivity index (χ1) is 14.6. The summed E-state index contributed by atoms with van der Waals surface area (Å²) < 4.78 is 28.5. The smallest absolute Gasteiger partial charge is 0.137 e. The summed E-state index contributed by atoms with van der Waals surface area (Å²) in [4.78, 5) is 5.11. The van der Waals surface area contributed by atoms with Crippen LogP contribution in [0, 0.1) is 11.6 Å². The second kappa shape index (κ2) is 10.00. The molecule has 0 aliphatic heterocycles. The van der Waals surface area contributed by atoms with Crippen molar-refractivity contribution in [3.8, 4) is 0 Å². The highest BCUT2D eigenvalue weighted by atomic mass is 31.1. The standard InChI is InChI=1S/C27H39F2N2P/c1-17(2)22-12-11-13-23(18(3)4)24(22)30-25(19-14-20(28)16-21(29)15-19)31-32(26(5,6)7)27(8,9)10/h11-18H,1-10H3,(H,30,31). The van der Waals surface area contributed by atoms with Crippen LogP contribution in [0.3, 0.4) is 0 Å². The van der Waals surface area contributed by atoms with Crippen LogP contribution in [0.2, 0.25) is 0 Å². The van der Waals surface area contributed by atoms with Gasteiger partial charge in [0.1, 0.15) is 17.5 Å². The van der Waals surface area contributed by atoms with Gasteiger partial charge in [-0.2, -0.15) is 0 Å². The molecule has 0 radical (unpaired) electrons. The summed E-state index contributed by atoms with van der Waals surface area (Å²) in [5.74, 6) is -0.151. The lowest BCUT2D eigenvalue weighted by Gasteiger charge is -2.42. The topological polar surface area (TPSA) is 24.4 Å². The summed E-state index contributed by atoms with van der Waals surface area (Å²) in [5, 5.41) is 3.58. The van der Waals surface area contributed by atoms with E-state index >= 15 is 0 Å². The Kier molecular flexibility index (Phi) is 8.26. The van der Waals surface area contributed by atoms with Crippen LogP contribution in [0.5, 0.6) is 0 Å². The highest BCUT2D eigenvalue weighted by Crippen LogP contribution is 2.56. The van der Waals surface area contributed by atoms with Gasteiger partial charge in [-0.15, -0.1) is 0 Å². The van der Waals surface area contributed by atoms with Crippen LogP contribution < -0.4 is 5.09 Å². The van der Waals surface area contributed by atoms with Crippen molar-refractivity contribution < 1.29 is 8.78 Å². The molecule has 2 aromatic rings. The van der Waals surface area contributed by atoms with E-state index in [-0.39, 0.29) is 22.1 Å². The first-order valence-electron chi connectivity index (χ1n) is 11.4. The fraction of sp³-hybridized carbons (Fsp3) is 0.519. The van der Waals surface area contributed by atoms with Crippen molar-refractivity contribution in [1.29, 1.82) is 0 Å². The van der Waals surface area contributed by atoms with E-state index in [1.54, 1.807) is 0 Å². The molecule has 0 saturated carbocycles. The molecule has 0 aliphatic rings. The normalized spacial score (nSPS) is 13.4. The zero-order valence-electron chi connectivity index (χ0n) is 21.3. The molecule has 0 aliphatic carbocycles. The van der Waals surface area contributed by atoms with E-state index in [0.29, 0.717) is 11.4 Å². The molecule has 0 spiro atoms. The fourth-order valence-corrected chi connectivity index (χ4v) is 7.12. The van der Waals surface area contributed by atoms with Crippen LogP contribution in [-0.4, -0.2) is 16.1 Å². The van der Waals surface area contributed by atoms with Crippen LogP contribution in [0.15, 0.2) is 41.4 Å². The lowest BCUT2D eigenvalue weighted by molar-refractivity contribution is 0.582. The molecule has 5 heteroatoms. The average Bonchev–Trinajstić information content (AvgIpc) is 2.61. The molecule has 1 N–H and O–H groups in total. The number of para-hydroxylation sites is 1. The number of nitrogens with zero attached hydrogens (tertiary/aromatic N) is 1. The monoisotopic (exact) mass is 460 g/mol. The predicted molar refractivity (Wildman–Crippen MR) is 137 cm³/mol. The molecule has 2 nitrogen and oxygen atoms in total. The molecule has 0 aromatic heterocycles. The minimum atomic E-state index is -0.797. The molecule has 0 saturated heterocycles. The quantitative estimate of drug-likeness (QED) is 0.269. The highest BCUT2D eigenvalue weighted by Gasteiger charge is 2.36. The lowest BCUT2D eigenvalue weighted by Crippen LogP contribution is -2.36. The summed E-state index contributed by atoms with van der Waals surface area (Å²) in [7, 11) is -0.797. The molecular formula is C27H39F2N2P. The van der Waals surface area contributed by atoms with Crippen LogP contribution >= 0.6 is 8.07 Å². The second-order valence-corrected chi connectivity index (χ2v) is 14.6. The van der Waals surface area contributed by atoms with Crippen molar-refractivity contribution in [2.24, 2.45) is 4.99 Å². The van der Waals surface area contributed by atoms with Gasteiger partial charge in [0.15, 0.2) is 0 Å². The Morgan fingerprint density at radius 2 is 1.25 bits per heavy atom. The maximum Gasteiger partial charge on any atom is 0.137 e. The highest BCUT2D eigenvalue weighted by molar-refractivity contribution is 7.59. The van der Waals surface area contributed by atoms with Gasteiger partial charge in [-0.1, -0.05) is 87.4 Å². The van der Waals surface area contributed by atoms with E-state index < -0.39 is 19.7 Å². The summed E-state index contributed by atoms with van der Waals surface area (Å²) >= 11 is 0. The van der Waals surface area contributed by atoms with Crippen molar-refractivity contribution in [2.75, 3.05) is 0 Å². The fourth-order valence-electron chi connectivity index (χ4n) is 4.04. The van der Waals surface area contributed by atoms with E-state index in [2.05, 4.69) is 92.5 Å². The minimum absolute atomic E-state index is 0.0430. The van der Waals surface area contributed by atoms with Gasteiger partial charge in [0, 0.05) is 30.0 Å². The summed E-state index contributed by atoms with van der Waals surface area (Å²) in [5.41, 5.74) is 3.57. The minimum Gasteiger partial charge on any atom is -0.348 e. The summed E-state index contributed by atoms with van der Waals surface area (Å²) in [6.07, 6.45) is 0. The number of hydrogen-bond donors (Lipinski definition) is 1. The average molecular weight is 461 g/mol. The van der Waals surface area contributed by atoms with E-state index in [0.717, 1.165) is 22.9 Å². The molecule has 0 unspecified atom stereocenters. The molecule has 0 fully saturated rings. The van der Waals surface area contributed by atoms with Crippen molar-refractivity contribution in [1.82, 2.24) is 5.09 Å². The third-order valence-corrected chi connectivity index (χ3v) is 8.38. The number of aliphatic imine (C=N–C) groups is 1. The Morgan fingerprint density at radius 1 is 0.812 bits per heavy atom. The summed E-state index contributed by atoms with van der Waals surface area (Å²) in [6, 6.07) is 9.88. The Bertz CT molecular complexity index is 906. The van der Waals surface area contributed by atoms with Gasteiger partial charge < -0.3 is 5.09 Å².